The third-order valence-electron chi connectivity index (χ3n) is 2.01. The maximum atomic E-state index is 13.2. The van der Waals surface area contributed by atoms with Crippen molar-refractivity contribution in [3.63, 3.8) is 0 Å². The van der Waals surface area contributed by atoms with Crippen LogP contribution in [-0.2, 0) is 0 Å². The maximum Gasteiger partial charge on any atom is 0.297 e. The van der Waals surface area contributed by atoms with E-state index in [1.807, 2.05) is 0 Å². The summed E-state index contributed by atoms with van der Waals surface area (Å²) >= 11 is 8.76. The van der Waals surface area contributed by atoms with E-state index in [2.05, 4.69) is 21.0 Å². The fraction of sp³-hybridized carbons (Fsp3) is 0. The Labute approximate surface area is 108 Å². The minimum absolute atomic E-state index is 0.104. The first-order chi connectivity index (χ1) is 7.99. The quantitative estimate of drug-likeness (QED) is 0.630. The van der Waals surface area contributed by atoms with E-state index in [1.165, 1.54) is 17.1 Å². The van der Waals surface area contributed by atoms with Gasteiger partial charge in [0, 0.05) is 6.20 Å². The van der Waals surface area contributed by atoms with Gasteiger partial charge in [-0.15, -0.1) is 0 Å². The Kier molecular flexibility index (Phi) is 3.12. The summed E-state index contributed by atoms with van der Waals surface area (Å²) in [7, 11) is 0. The van der Waals surface area contributed by atoms with E-state index in [4.69, 9.17) is 11.6 Å². The molecule has 5 nitrogen and oxygen atoms in total. The van der Waals surface area contributed by atoms with Crippen LogP contribution in [0.2, 0.25) is 5.02 Å². The van der Waals surface area contributed by atoms with E-state index < -0.39 is 16.4 Å². The highest BCUT2D eigenvalue weighted by Gasteiger charge is 2.19. The first kappa shape index (κ1) is 12.0. The summed E-state index contributed by atoms with van der Waals surface area (Å²) in [4.78, 5) is 10.1. The van der Waals surface area contributed by atoms with Crippen molar-refractivity contribution >= 4 is 33.2 Å². The van der Waals surface area contributed by atoms with Crippen LogP contribution in [0.15, 0.2) is 29.0 Å². The van der Waals surface area contributed by atoms with E-state index in [1.54, 1.807) is 0 Å². The third kappa shape index (κ3) is 2.29. The molecule has 0 spiro atoms. The number of aromatic nitrogens is 2. The zero-order chi connectivity index (χ0) is 12.6. The summed E-state index contributed by atoms with van der Waals surface area (Å²) in [6.45, 7) is 0. The number of hydrogen-bond donors (Lipinski definition) is 0. The molecular weight excluding hydrogens is 316 g/mol. The molecule has 0 saturated carbocycles. The number of nitrogens with zero attached hydrogens (tertiary/aromatic N) is 3. The molecule has 88 valence electrons. The van der Waals surface area contributed by atoms with E-state index in [9.17, 15) is 14.5 Å². The van der Waals surface area contributed by atoms with Gasteiger partial charge >= 0.3 is 0 Å². The maximum absolute atomic E-state index is 13.2. The predicted octanol–water partition coefficient (Wildman–Crippen LogP) is 3.34. The van der Waals surface area contributed by atoms with Crippen LogP contribution in [0.25, 0.3) is 5.69 Å². The van der Waals surface area contributed by atoms with Crippen LogP contribution in [0.1, 0.15) is 0 Å². The molecule has 0 N–H and O–H groups in total. The number of benzene rings is 1. The zero-order valence-electron chi connectivity index (χ0n) is 8.10. The number of nitro benzene ring substituents is 1. The second-order valence-corrected chi connectivity index (χ2v) is 4.44. The van der Waals surface area contributed by atoms with Crippen LogP contribution in [0.5, 0.6) is 0 Å². The minimum atomic E-state index is -0.840. The highest BCUT2D eigenvalue weighted by molar-refractivity contribution is 9.10. The van der Waals surface area contributed by atoms with Gasteiger partial charge in [-0.25, -0.2) is 9.07 Å². The zero-order valence-corrected chi connectivity index (χ0v) is 10.4. The summed E-state index contributed by atoms with van der Waals surface area (Å²) in [5.41, 5.74) is -0.297. The number of halogens is 3. The number of rotatable bonds is 2. The van der Waals surface area contributed by atoms with E-state index in [0.717, 1.165) is 12.1 Å². The Morgan fingerprint density at radius 3 is 2.76 bits per heavy atom. The molecule has 1 aromatic heterocycles. The number of hydrogen-bond acceptors (Lipinski definition) is 3. The van der Waals surface area contributed by atoms with Gasteiger partial charge in [-0.1, -0.05) is 11.6 Å². The Bertz CT molecular complexity index is 602. The Balaban J connectivity index is 2.67. The molecule has 0 unspecified atom stereocenters. The molecule has 0 amide bonds. The van der Waals surface area contributed by atoms with Crippen LogP contribution in [0, 0.1) is 15.9 Å². The lowest BCUT2D eigenvalue weighted by atomic mass is 10.2. The van der Waals surface area contributed by atoms with Gasteiger partial charge < -0.3 is 0 Å². The molecule has 0 atom stereocenters. The molecule has 0 bridgehead atoms. The van der Waals surface area contributed by atoms with E-state index in [-0.39, 0.29) is 10.7 Å². The molecule has 8 heteroatoms. The lowest BCUT2D eigenvalue weighted by Gasteiger charge is -2.04. The third-order valence-corrected chi connectivity index (χ3v) is 2.71. The number of nitro groups is 1. The van der Waals surface area contributed by atoms with Crippen LogP contribution in [0.3, 0.4) is 0 Å². The lowest BCUT2D eigenvalue weighted by Crippen LogP contribution is -2.01. The van der Waals surface area contributed by atoms with Crippen LogP contribution in [0.4, 0.5) is 10.1 Å². The normalized spacial score (nSPS) is 10.5. The molecule has 0 aliphatic heterocycles. The Morgan fingerprint density at radius 2 is 2.24 bits per heavy atom. The highest BCUT2D eigenvalue weighted by atomic mass is 79.9. The standard InChI is InChI=1S/C9H4BrClFN3O2/c10-5-3-13-14(4-5)8-1-6(11)7(12)2-9(8)15(16)17/h1-4H. The van der Waals surface area contributed by atoms with Gasteiger partial charge in [0.2, 0.25) is 0 Å². The molecule has 2 rings (SSSR count). The van der Waals surface area contributed by atoms with Crippen LogP contribution >= 0.6 is 27.5 Å². The van der Waals surface area contributed by atoms with E-state index >= 15 is 0 Å². The summed E-state index contributed by atoms with van der Waals surface area (Å²) in [6, 6.07) is 1.93. The lowest BCUT2D eigenvalue weighted by molar-refractivity contribution is -0.384. The Morgan fingerprint density at radius 1 is 1.53 bits per heavy atom. The topological polar surface area (TPSA) is 61.0 Å². The Hall–Kier alpha value is -1.47. The second-order valence-electron chi connectivity index (χ2n) is 3.12. The smallest absolute Gasteiger partial charge is 0.258 e. The molecule has 0 fully saturated rings. The van der Waals surface area contributed by atoms with Gasteiger partial charge in [-0.05, 0) is 22.0 Å². The molecular formula is C9H4BrClFN3O2. The molecule has 1 heterocycles. The molecule has 17 heavy (non-hydrogen) atoms. The molecule has 0 saturated heterocycles. The molecule has 2 aromatic rings. The van der Waals surface area contributed by atoms with Crippen LogP contribution in [-0.4, -0.2) is 14.7 Å². The summed E-state index contributed by atoms with van der Waals surface area (Å²) in [5.74, 6) is -0.840. The average Bonchev–Trinajstić information content (AvgIpc) is 2.68. The van der Waals surface area contributed by atoms with Crippen molar-refractivity contribution in [1.82, 2.24) is 9.78 Å². The van der Waals surface area contributed by atoms with Crippen LogP contribution < -0.4 is 0 Å². The van der Waals surface area contributed by atoms with Crippen molar-refractivity contribution in [2.24, 2.45) is 0 Å². The highest BCUT2D eigenvalue weighted by Crippen LogP contribution is 2.29. The van der Waals surface area contributed by atoms with Crippen molar-refractivity contribution < 1.29 is 9.31 Å². The summed E-state index contributed by atoms with van der Waals surface area (Å²) < 4.78 is 15.1. The van der Waals surface area contributed by atoms with Crippen molar-refractivity contribution in [3.05, 3.63) is 50.0 Å². The molecule has 0 radical (unpaired) electrons. The molecule has 1 aromatic carbocycles. The molecule has 0 aliphatic carbocycles. The van der Waals surface area contributed by atoms with Gasteiger partial charge in [0.05, 0.1) is 26.7 Å². The van der Waals surface area contributed by atoms with Gasteiger partial charge in [0.15, 0.2) is 0 Å². The minimum Gasteiger partial charge on any atom is -0.258 e. The van der Waals surface area contributed by atoms with Gasteiger partial charge in [-0.2, -0.15) is 5.10 Å². The monoisotopic (exact) mass is 319 g/mol. The van der Waals surface area contributed by atoms with E-state index in [0.29, 0.717) is 4.47 Å². The van der Waals surface area contributed by atoms with Crippen molar-refractivity contribution in [1.29, 1.82) is 0 Å². The molecule has 0 aliphatic rings. The first-order valence-corrected chi connectivity index (χ1v) is 5.50. The van der Waals surface area contributed by atoms with Gasteiger partial charge in [-0.3, -0.25) is 10.1 Å². The van der Waals surface area contributed by atoms with Gasteiger partial charge in [0.25, 0.3) is 5.69 Å². The summed E-state index contributed by atoms with van der Waals surface area (Å²) in [5, 5.41) is 14.5. The first-order valence-electron chi connectivity index (χ1n) is 4.33. The summed E-state index contributed by atoms with van der Waals surface area (Å²) in [6.07, 6.45) is 2.97. The average molecular weight is 321 g/mol. The predicted molar refractivity (Wildman–Crippen MR) is 62.9 cm³/mol. The fourth-order valence-electron chi connectivity index (χ4n) is 1.29. The van der Waals surface area contributed by atoms with Crippen molar-refractivity contribution in [2.75, 3.05) is 0 Å². The van der Waals surface area contributed by atoms with Gasteiger partial charge in [0.1, 0.15) is 11.5 Å². The van der Waals surface area contributed by atoms with Crippen molar-refractivity contribution in [2.45, 2.75) is 0 Å². The van der Waals surface area contributed by atoms with Crippen molar-refractivity contribution in [3.8, 4) is 5.69 Å². The largest absolute Gasteiger partial charge is 0.297 e. The second kappa shape index (κ2) is 4.42. The SMILES string of the molecule is O=[N+]([O-])c1cc(F)c(Cl)cc1-n1cc(Br)cn1. The fourth-order valence-corrected chi connectivity index (χ4v) is 1.73.